The molecular weight excluding hydrogens is 424 g/mol. The van der Waals surface area contributed by atoms with E-state index in [1.807, 2.05) is 42.6 Å². The van der Waals surface area contributed by atoms with Crippen LogP contribution in [0.15, 0.2) is 91.3 Å². The van der Waals surface area contributed by atoms with E-state index in [0.29, 0.717) is 6.54 Å². The fraction of sp³-hybridized carbons (Fsp3) is 0.138. The number of pyridine rings is 1. The Morgan fingerprint density at radius 3 is 2.18 bits per heavy atom. The molecule has 0 aliphatic carbocycles. The van der Waals surface area contributed by atoms with Crippen molar-refractivity contribution in [1.82, 2.24) is 9.55 Å². The van der Waals surface area contributed by atoms with Gasteiger partial charge in [0.05, 0.1) is 32.5 Å². The van der Waals surface area contributed by atoms with Gasteiger partial charge in [0.15, 0.2) is 0 Å². The second-order valence-corrected chi connectivity index (χ2v) is 8.01. The van der Waals surface area contributed by atoms with Crippen molar-refractivity contribution in [2.24, 2.45) is 0 Å². The zero-order valence-corrected chi connectivity index (χ0v) is 19.5. The molecule has 0 spiro atoms. The van der Waals surface area contributed by atoms with E-state index in [-0.39, 0.29) is 0 Å². The lowest BCUT2D eigenvalue weighted by Crippen LogP contribution is -2.01. The van der Waals surface area contributed by atoms with Crippen LogP contribution < -0.4 is 14.2 Å². The summed E-state index contributed by atoms with van der Waals surface area (Å²) >= 11 is 0. The van der Waals surface area contributed by atoms with Crippen LogP contribution >= 0.6 is 0 Å². The summed E-state index contributed by atoms with van der Waals surface area (Å²) in [6.45, 7) is 0.699. The quantitative estimate of drug-likeness (QED) is 0.286. The van der Waals surface area contributed by atoms with Crippen molar-refractivity contribution in [1.29, 1.82) is 0 Å². The van der Waals surface area contributed by atoms with Gasteiger partial charge in [0.1, 0.15) is 17.2 Å². The first-order valence-electron chi connectivity index (χ1n) is 11.1. The molecule has 0 aliphatic rings. The summed E-state index contributed by atoms with van der Waals surface area (Å²) in [7, 11) is 5.00. The lowest BCUT2D eigenvalue weighted by atomic mass is 10.0. The van der Waals surface area contributed by atoms with Crippen molar-refractivity contribution in [3.63, 3.8) is 0 Å². The van der Waals surface area contributed by atoms with E-state index in [0.717, 1.165) is 39.4 Å². The summed E-state index contributed by atoms with van der Waals surface area (Å²) in [6.07, 6.45) is 4.08. The Balaban J connectivity index is 1.73. The zero-order valence-electron chi connectivity index (χ0n) is 19.5. The van der Waals surface area contributed by atoms with Crippen LogP contribution in [0, 0.1) is 0 Å². The smallest absolute Gasteiger partial charge is 0.132 e. The molecule has 0 saturated heterocycles. The third-order valence-corrected chi connectivity index (χ3v) is 6.05. The molecule has 3 aromatic carbocycles. The molecule has 5 aromatic rings. The Morgan fingerprint density at radius 1 is 0.735 bits per heavy atom. The van der Waals surface area contributed by atoms with E-state index in [2.05, 4.69) is 53.2 Å². The van der Waals surface area contributed by atoms with Crippen LogP contribution in [0.5, 0.6) is 17.2 Å². The predicted molar refractivity (Wildman–Crippen MR) is 136 cm³/mol. The van der Waals surface area contributed by atoms with E-state index in [1.165, 1.54) is 16.7 Å². The van der Waals surface area contributed by atoms with Gasteiger partial charge in [-0.25, -0.2) is 0 Å². The van der Waals surface area contributed by atoms with Crippen molar-refractivity contribution in [3.05, 3.63) is 96.8 Å². The van der Waals surface area contributed by atoms with Crippen molar-refractivity contribution in [2.75, 3.05) is 21.3 Å². The number of nitrogens with zero attached hydrogens (tertiary/aromatic N) is 2. The van der Waals surface area contributed by atoms with Crippen LogP contribution in [0.2, 0.25) is 0 Å². The molecule has 0 radical (unpaired) electrons. The molecule has 0 N–H and O–H groups in total. The number of hydrogen-bond acceptors (Lipinski definition) is 4. The number of fused-ring (bicyclic) bond motifs is 1. The molecule has 5 rings (SSSR count). The minimum absolute atomic E-state index is 0.699. The minimum Gasteiger partial charge on any atom is -0.497 e. The largest absolute Gasteiger partial charge is 0.497 e. The van der Waals surface area contributed by atoms with Gasteiger partial charge in [-0.2, -0.15) is 0 Å². The summed E-state index contributed by atoms with van der Waals surface area (Å²) < 4.78 is 18.7. The first-order chi connectivity index (χ1) is 16.7. The molecule has 2 heterocycles. The average molecular weight is 451 g/mol. The van der Waals surface area contributed by atoms with Gasteiger partial charge in [-0.15, -0.1) is 0 Å². The molecule has 0 unspecified atom stereocenters. The van der Waals surface area contributed by atoms with Crippen LogP contribution in [0.4, 0.5) is 0 Å². The highest BCUT2D eigenvalue weighted by Gasteiger charge is 2.19. The van der Waals surface area contributed by atoms with Gasteiger partial charge in [0.2, 0.25) is 0 Å². The van der Waals surface area contributed by atoms with Crippen molar-refractivity contribution in [2.45, 2.75) is 6.54 Å². The maximum atomic E-state index is 5.72. The molecular formula is C29H26N2O3. The highest BCUT2D eigenvalue weighted by atomic mass is 16.5. The van der Waals surface area contributed by atoms with E-state index >= 15 is 0 Å². The Bertz CT molecular complexity index is 1420. The molecule has 5 nitrogen and oxygen atoms in total. The summed E-state index contributed by atoms with van der Waals surface area (Å²) in [5.74, 6) is 2.31. The number of ether oxygens (including phenoxy) is 3. The summed E-state index contributed by atoms with van der Waals surface area (Å²) in [4.78, 5) is 4.82. The molecule has 0 fully saturated rings. The molecule has 0 saturated carbocycles. The third-order valence-electron chi connectivity index (χ3n) is 6.05. The van der Waals surface area contributed by atoms with Gasteiger partial charge < -0.3 is 18.8 Å². The van der Waals surface area contributed by atoms with Crippen LogP contribution in [-0.4, -0.2) is 30.9 Å². The Kier molecular flexibility index (Phi) is 5.91. The van der Waals surface area contributed by atoms with E-state index in [4.69, 9.17) is 19.2 Å². The monoisotopic (exact) mass is 450 g/mol. The number of aromatic nitrogens is 2. The van der Waals surface area contributed by atoms with Gasteiger partial charge >= 0.3 is 0 Å². The van der Waals surface area contributed by atoms with Gasteiger partial charge in [0, 0.05) is 41.5 Å². The zero-order chi connectivity index (χ0) is 23.5. The van der Waals surface area contributed by atoms with Crippen LogP contribution in [0.25, 0.3) is 33.3 Å². The molecule has 0 amide bonds. The van der Waals surface area contributed by atoms with Crippen LogP contribution in [-0.2, 0) is 6.54 Å². The molecule has 170 valence electrons. The predicted octanol–water partition coefficient (Wildman–Crippen LogP) is 6.44. The number of rotatable bonds is 7. The molecule has 2 aromatic heterocycles. The lowest BCUT2D eigenvalue weighted by molar-refractivity contribution is 0.395. The number of benzene rings is 3. The minimum atomic E-state index is 0.699. The second-order valence-electron chi connectivity index (χ2n) is 8.01. The van der Waals surface area contributed by atoms with E-state index < -0.39 is 0 Å². The molecule has 0 bridgehead atoms. The second kappa shape index (κ2) is 9.32. The summed E-state index contributed by atoms with van der Waals surface area (Å²) in [6, 6.07) is 26.5. The van der Waals surface area contributed by atoms with Crippen molar-refractivity contribution < 1.29 is 14.2 Å². The standard InChI is InChI=1S/C29H26N2O3/c1-32-22-11-9-20(10-12-22)18-31-19-26(21-7-5-4-6-8-21)24-15-16-30-28(29(24)31)25-14-13-23(33-2)17-27(25)34-3/h4-17,19H,18H2,1-3H3. The highest BCUT2D eigenvalue weighted by molar-refractivity contribution is 6.03. The van der Waals surface area contributed by atoms with Crippen molar-refractivity contribution in [3.8, 4) is 39.6 Å². The van der Waals surface area contributed by atoms with Crippen LogP contribution in [0.3, 0.4) is 0 Å². The average Bonchev–Trinajstić information content (AvgIpc) is 3.27. The van der Waals surface area contributed by atoms with Gasteiger partial charge in [-0.3, -0.25) is 4.98 Å². The Hall–Kier alpha value is -4.25. The maximum Gasteiger partial charge on any atom is 0.132 e. The topological polar surface area (TPSA) is 45.5 Å². The van der Waals surface area contributed by atoms with Gasteiger partial charge in [-0.1, -0.05) is 42.5 Å². The SMILES string of the molecule is COc1ccc(Cn2cc(-c3ccccc3)c3ccnc(-c4ccc(OC)cc4OC)c32)cc1. The number of methoxy groups -OCH3 is 3. The summed E-state index contributed by atoms with van der Waals surface area (Å²) in [5, 5.41) is 1.14. The van der Waals surface area contributed by atoms with E-state index in [1.54, 1.807) is 21.3 Å². The van der Waals surface area contributed by atoms with Gasteiger partial charge in [0.25, 0.3) is 0 Å². The third kappa shape index (κ3) is 3.97. The normalized spacial score (nSPS) is 10.9. The Morgan fingerprint density at radius 2 is 1.47 bits per heavy atom. The van der Waals surface area contributed by atoms with Crippen LogP contribution in [0.1, 0.15) is 5.56 Å². The molecule has 34 heavy (non-hydrogen) atoms. The highest BCUT2D eigenvalue weighted by Crippen LogP contribution is 2.39. The fourth-order valence-corrected chi connectivity index (χ4v) is 4.34. The first kappa shape index (κ1) is 21.6. The fourth-order valence-electron chi connectivity index (χ4n) is 4.34. The Labute approximate surface area is 199 Å². The first-order valence-corrected chi connectivity index (χ1v) is 11.1. The van der Waals surface area contributed by atoms with Crippen molar-refractivity contribution >= 4 is 10.9 Å². The number of hydrogen-bond donors (Lipinski definition) is 0. The van der Waals surface area contributed by atoms with Gasteiger partial charge in [-0.05, 0) is 41.5 Å². The maximum absolute atomic E-state index is 5.72. The lowest BCUT2D eigenvalue weighted by Gasteiger charge is -2.13. The molecule has 0 aliphatic heterocycles. The molecule has 0 atom stereocenters. The molecule has 5 heteroatoms. The van der Waals surface area contributed by atoms with E-state index in [9.17, 15) is 0 Å². The summed E-state index contributed by atoms with van der Waals surface area (Å²) in [5.41, 5.74) is 6.35.